The minimum Gasteiger partial charge on any atom is -0.489 e. The summed E-state index contributed by atoms with van der Waals surface area (Å²) >= 11 is 6.08. The van der Waals surface area contributed by atoms with E-state index in [2.05, 4.69) is 11.4 Å². The minimum absolute atomic E-state index is 0.0315. The summed E-state index contributed by atoms with van der Waals surface area (Å²) in [6.07, 6.45) is 1.50. The predicted octanol–water partition coefficient (Wildman–Crippen LogP) is 5.64. The lowest BCUT2D eigenvalue weighted by atomic mass is 10.1. The van der Waals surface area contributed by atoms with E-state index < -0.39 is 5.91 Å². The van der Waals surface area contributed by atoms with Crippen LogP contribution in [0.2, 0.25) is 5.02 Å². The van der Waals surface area contributed by atoms with Gasteiger partial charge in [-0.2, -0.15) is 10.5 Å². The Labute approximate surface area is 185 Å². The van der Waals surface area contributed by atoms with Gasteiger partial charge in [-0.1, -0.05) is 48.0 Å². The molecule has 6 heteroatoms. The molecule has 152 valence electrons. The molecule has 0 radical (unpaired) electrons. The lowest BCUT2D eigenvalue weighted by Crippen LogP contribution is -2.14. The van der Waals surface area contributed by atoms with Crippen molar-refractivity contribution in [3.8, 4) is 17.9 Å². The highest BCUT2D eigenvalue weighted by Gasteiger charge is 2.12. The fourth-order valence-corrected chi connectivity index (χ4v) is 3.00. The number of benzene rings is 3. The molecule has 0 spiro atoms. The van der Waals surface area contributed by atoms with Crippen LogP contribution >= 0.6 is 11.6 Å². The molecule has 3 rings (SSSR count). The van der Waals surface area contributed by atoms with E-state index in [1.807, 2.05) is 18.2 Å². The summed E-state index contributed by atoms with van der Waals surface area (Å²) in [4.78, 5) is 12.5. The lowest BCUT2D eigenvalue weighted by molar-refractivity contribution is -0.112. The summed E-state index contributed by atoms with van der Waals surface area (Å²) in [6.45, 7) is 2.06. The first-order valence-electron chi connectivity index (χ1n) is 9.41. The minimum atomic E-state index is -0.513. The number of anilines is 1. The Bertz CT molecular complexity index is 1220. The molecule has 31 heavy (non-hydrogen) atoms. The Morgan fingerprint density at radius 3 is 2.52 bits per heavy atom. The molecule has 0 atom stereocenters. The van der Waals surface area contributed by atoms with E-state index in [0.717, 1.165) is 11.1 Å². The standard InChI is InChI=1S/C25H18ClN3O2/c1-17-23(26)7-4-8-24(17)29-25(30)21(15-28)13-18-9-11-22(12-10-18)31-16-20-6-3-2-5-19(20)14-27/h2-13H,16H2,1H3,(H,29,30)/b21-13+. The van der Waals surface area contributed by atoms with Gasteiger partial charge in [0.05, 0.1) is 11.6 Å². The zero-order valence-corrected chi connectivity index (χ0v) is 17.5. The number of rotatable bonds is 6. The number of nitrogens with zero attached hydrogens (tertiary/aromatic N) is 2. The maximum Gasteiger partial charge on any atom is 0.266 e. The van der Waals surface area contributed by atoms with E-state index in [1.54, 1.807) is 61.5 Å². The zero-order chi connectivity index (χ0) is 22.2. The van der Waals surface area contributed by atoms with E-state index in [9.17, 15) is 10.1 Å². The van der Waals surface area contributed by atoms with Crippen LogP contribution in [0.1, 0.15) is 22.3 Å². The van der Waals surface area contributed by atoms with Gasteiger partial charge in [0, 0.05) is 16.3 Å². The number of carbonyl (C=O) groups is 1. The van der Waals surface area contributed by atoms with Gasteiger partial charge in [-0.25, -0.2) is 0 Å². The van der Waals surface area contributed by atoms with Crippen LogP contribution in [0.4, 0.5) is 5.69 Å². The van der Waals surface area contributed by atoms with Crippen molar-refractivity contribution in [1.29, 1.82) is 10.5 Å². The number of hydrogen-bond donors (Lipinski definition) is 1. The number of ether oxygens (including phenoxy) is 1. The van der Waals surface area contributed by atoms with Gasteiger partial charge in [0.25, 0.3) is 5.91 Å². The van der Waals surface area contributed by atoms with Crippen molar-refractivity contribution in [2.24, 2.45) is 0 Å². The molecular formula is C25H18ClN3O2. The first-order chi connectivity index (χ1) is 15.0. The Morgan fingerprint density at radius 1 is 1.06 bits per heavy atom. The topological polar surface area (TPSA) is 85.9 Å². The van der Waals surface area contributed by atoms with Gasteiger partial charge in [0.2, 0.25) is 0 Å². The number of nitriles is 2. The van der Waals surface area contributed by atoms with E-state index in [-0.39, 0.29) is 12.2 Å². The van der Waals surface area contributed by atoms with Crippen molar-refractivity contribution in [2.75, 3.05) is 5.32 Å². The van der Waals surface area contributed by atoms with Gasteiger partial charge in [-0.05, 0) is 54.5 Å². The van der Waals surface area contributed by atoms with Gasteiger partial charge in [-0.15, -0.1) is 0 Å². The molecular weight excluding hydrogens is 410 g/mol. The van der Waals surface area contributed by atoms with E-state index in [0.29, 0.717) is 27.6 Å². The van der Waals surface area contributed by atoms with Gasteiger partial charge in [0.1, 0.15) is 24.0 Å². The summed E-state index contributed by atoms with van der Waals surface area (Å²) in [7, 11) is 0. The molecule has 3 aromatic carbocycles. The number of hydrogen-bond acceptors (Lipinski definition) is 4. The van der Waals surface area contributed by atoms with Gasteiger partial charge < -0.3 is 10.1 Å². The van der Waals surface area contributed by atoms with Crippen LogP contribution in [0.15, 0.2) is 72.3 Å². The largest absolute Gasteiger partial charge is 0.489 e. The summed E-state index contributed by atoms with van der Waals surface area (Å²) in [5, 5.41) is 21.8. The number of nitrogens with one attached hydrogen (secondary N) is 1. The van der Waals surface area contributed by atoms with Crippen molar-refractivity contribution in [3.63, 3.8) is 0 Å². The normalized spacial score (nSPS) is 10.6. The van der Waals surface area contributed by atoms with E-state index in [4.69, 9.17) is 21.6 Å². The first-order valence-corrected chi connectivity index (χ1v) is 9.78. The Hall–Kier alpha value is -4.06. The fraction of sp³-hybridized carbons (Fsp3) is 0.0800. The third kappa shape index (κ3) is 5.51. The first kappa shape index (κ1) is 21.6. The van der Waals surface area contributed by atoms with Gasteiger partial charge in [0.15, 0.2) is 0 Å². The third-order valence-electron chi connectivity index (χ3n) is 4.60. The quantitative estimate of drug-likeness (QED) is 0.407. The lowest BCUT2D eigenvalue weighted by Gasteiger charge is -2.09. The highest BCUT2D eigenvalue weighted by molar-refractivity contribution is 6.31. The van der Waals surface area contributed by atoms with Crippen LogP contribution in [0, 0.1) is 29.6 Å². The molecule has 0 aromatic heterocycles. The molecule has 1 N–H and O–H groups in total. The Kier molecular flexibility index (Phi) is 7.06. The van der Waals surface area contributed by atoms with Gasteiger partial charge >= 0.3 is 0 Å². The molecule has 0 heterocycles. The average Bonchev–Trinajstić information content (AvgIpc) is 2.80. The van der Waals surface area contributed by atoms with Crippen LogP contribution in [0.25, 0.3) is 6.08 Å². The molecule has 0 saturated carbocycles. The Morgan fingerprint density at radius 2 is 1.81 bits per heavy atom. The van der Waals surface area contributed by atoms with Crippen LogP contribution in [0.3, 0.4) is 0 Å². The number of halogens is 1. The maximum absolute atomic E-state index is 12.5. The summed E-state index contributed by atoms with van der Waals surface area (Å²) < 4.78 is 5.74. The van der Waals surface area contributed by atoms with Crippen LogP contribution in [-0.4, -0.2) is 5.91 Å². The molecule has 0 bridgehead atoms. The molecule has 5 nitrogen and oxygen atoms in total. The average molecular weight is 428 g/mol. The maximum atomic E-state index is 12.5. The van der Waals surface area contributed by atoms with E-state index in [1.165, 1.54) is 6.08 Å². The van der Waals surface area contributed by atoms with Crippen LogP contribution in [0.5, 0.6) is 5.75 Å². The van der Waals surface area contributed by atoms with Crippen LogP contribution < -0.4 is 10.1 Å². The molecule has 1 amide bonds. The molecule has 0 aliphatic rings. The summed E-state index contributed by atoms with van der Waals surface area (Å²) in [6, 6.07) is 23.5. The monoisotopic (exact) mass is 427 g/mol. The highest BCUT2D eigenvalue weighted by atomic mass is 35.5. The van der Waals surface area contributed by atoms with Crippen LogP contribution in [-0.2, 0) is 11.4 Å². The highest BCUT2D eigenvalue weighted by Crippen LogP contribution is 2.24. The fourth-order valence-electron chi connectivity index (χ4n) is 2.82. The smallest absolute Gasteiger partial charge is 0.266 e. The number of carbonyl (C=O) groups excluding carboxylic acids is 1. The molecule has 0 saturated heterocycles. The molecule has 0 aliphatic heterocycles. The summed E-state index contributed by atoms with van der Waals surface area (Å²) in [5.41, 5.74) is 3.31. The summed E-state index contributed by atoms with van der Waals surface area (Å²) in [5.74, 6) is 0.101. The molecule has 0 fully saturated rings. The molecule has 0 aliphatic carbocycles. The Balaban J connectivity index is 1.69. The van der Waals surface area contributed by atoms with Crippen molar-refractivity contribution in [1.82, 2.24) is 0 Å². The van der Waals surface area contributed by atoms with Crippen molar-refractivity contribution in [3.05, 3.63) is 99.6 Å². The second-order valence-electron chi connectivity index (χ2n) is 6.66. The number of amides is 1. The zero-order valence-electron chi connectivity index (χ0n) is 16.7. The second-order valence-corrected chi connectivity index (χ2v) is 7.07. The SMILES string of the molecule is Cc1c(Cl)cccc1NC(=O)/C(C#N)=C/c1ccc(OCc2ccccc2C#N)cc1. The molecule has 3 aromatic rings. The van der Waals surface area contributed by atoms with Crippen molar-refractivity contribution < 1.29 is 9.53 Å². The second kappa shape index (κ2) is 10.1. The third-order valence-corrected chi connectivity index (χ3v) is 5.01. The van der Waals surface area contributed by atoms with Crippen molar-refractivity contribution in [2.45, 2.75) is 13.5 Å². The molecule has 0 unspecified atom stereocenters. The van der Waals surface area contributed by atoms with E-state index >= 15 is 0 Å². The van der Waals surface area contributed by atoms with Crippen molar-refractivity contribution >= 4 is 29.3 Å². The predicted molar refractivity (Wildman–Crippen MR) is 120 cm³/mol. The van der Waals surface area contributed by atoms with Gasteiger partial charge in [-0.3, -0.25) is 4.79 Å².